The summed E-state index contributed by atoms with van der Waals surface area (Å²) in [5, 5.41) is 0. The molecule has 3 nitrogen and oxygen atoms in total. The highest BCUT2D eigenvalue weighted by Crippen LogP contribution is 2.28. The summed E-state index contributed by atoms with van der Waals surface area (Å²) in [6.45, 7) is 8.72. The Morgan fingerprint density at radius 2 is 1.45 bits per heavy atom. The van der Waals surface area contributed by atoms with Gasteiger partial charge in [-0.1, -0.05) is 19.4 Å². The van der Waals surface area contributed by atoms with Crippen LogP contribution in [0.15, 0.2) is 29.3 Å². The van der Waals surface area contributed by atoms with Crippen molar-refractivity contribution in [1.82, 2.24) is 0 Å². The van der Waals surface area contributed by atoms with E-state index in [4.69, 9.17) is 0 Å². The Bertz CT molecular complexity index is 581. The number of imide groups is 1. The quantitative estimate of drug-likeness (QED) is 0.787. The summed E-state index contributed by atoms with van der Waals surface area (Å²) in [5.41, 5.74) is 4.02. The fourth-order valence-corrected chi connectivity index (χ4v) is 2.39. The average Bonchev–Trinajstić information content (AvgIpc) is 2.64. The Kier molecular flexibility index (Phi) is 6.47. The van der Waals surface area contributed by atoms with Crippen LogP contribution in [-0.2, 0) is 16.0 Å². The summed E-state index contributed by atoms with van der Waals surface area (Å²) in [5.74, 6) is -0.397. The van der Waals surface area contributed by atoms with E-state index < -0.39 is 0 Å². The van der Waals surface area contributed by atoms with Gasteiger partial charge in [-0.05, 0) is 57.4 Å². The Labute approximate surface area is 131 Å². The molecule has 1 aliphatic heterocycles. The highest BCUT2D eigenvalue weighted by Gasteiger charge is 2.34. The monoisotopic (exact) mass is 305 g/mol. The SMILES string of the molecule is CCCc1cc(C)cc(N2C(=O)C(C)=C(C)C2=O)c1.CCF. The van der Waals surface area contributed by atoms with E-state index in [2.05, 4.69) is 13.0 Å². The molecule has 2 rings (SSSR count). The maximum atomic E-state index is 12.2. The molecule has 0 saturated carbocycles. The minimum atomic E-state index is -0.250. The van der Waals surface area contributed by atoms with Gasteiger partial charge in [0.1, 0.15) is 0 Å². The molecule has 0 saturated heterocycles. The molecule has 1 heterocycles. The molecule has 0 spiro atoms. The van der Waals surface area contributed by atoms with E-state index in [1.807, 2.05) is 19.1 Å². The van der Waals surface area contributed by atoms with Crippen molar-refractivity contribution in [1.29, 1.82) is 0 Å². The minimum absolute atomic E-state index is 0.199. The van der Waals surface area contributed by atoms with Crippen LogP contribution >= 0.6 is 0 Å². The molecule has 22 heavy (non-hydrogen) atoms. The Balaban J connectivity index is 0.000000745. The summed E-state index contributed by atoms with van der Waals surface area (Å²) in [6.07, 6.45) is 2.00. The van der Waals surface area contributed by atoms with Crippen molar-refractivity contribution < 1.29 is 14.0 Å². The molecule has 0 radical (unpaired) electrons. The largest absolute Gasteiger partial charge is 0.269 e. The van der Waals surface area contributed by atoms with Crippen LogP contribution in [0.4, 0.5) is 10.1 Å². The van der Waals surface area contributed by atoms with Crippen LogP contribution in [0.3, 0.4) is 0 Å². The standard InChI is InChI=1S/C16H19NO2.C2H5F/c1-5-6-13-7-10(2)8-14(9-13)17-15(18)11(3)12(4)16(17)19;1-2-3/h7-9H,5-6H2,1-4H3;2H2,1H3. The van der Waals surface area contributed by atoms with Gasteiger partial charge in [0, 0.05) is 11.1 Å². The first-order chi connectivity index (χ1) is 10.4. The summed E-state index contributed by atoms with van der Waals surface area (Å²) < 4.78 is 10.3. The smallest absolute Gasteiger partial charge is 0.261 e. The van der Waals surface area contributed by atoms with Gasteiger partial charge in [0.2, 0.25) is 0 Å². The fraction of sp³-hybridized carbons (Fsp3) is 0.444. The number of amides is 2. The van der Waals surface area contributed by atoms with Gasteiger partial charge in [-0.2, -0.15) is 0 Å². The summed E-state index contributed by atoms with van der Waals surface area (Å²) >= 11 is 0. The van der Waals surface area contributed by atoms with E-state index in [9.17, 15) is 14.0 Å². The first-order valence-electron chi connectivity index (χ1n) is 7.60. The predicted octanol–water partition coefficient (Wildman–Crippen LogP) is 4.13. The van der Waals surface area contributed by atoms with Crippen molar-refractivity contribution in [2.75, 3.05) is 11.6 Å². The second-order valence-corrected chi connectivity index (χ2v) is 5.39. The van der Waals surface area contributed by atoms with Crippen molar-refractivity contribution in [2.45, 2.75) is 47.5 Å². The zero-order valence-electron chi connectivity index (χ0n) is 14.0. The van der Waals surface area contributed by atoms with Crippen LogP contribution in [0.5, 0.6) is 0 Å². The molecule has 0 aliphatic carbocycles. The van der Waals surface area contributed by atoms with E-state index in [1.165, 1.54) is 17.4 Å². The lowest BCUT2D eigenvalue weighted by molar-refractivity contribution is -0.120. The van der Waals surface area contributed by atoms with Crippen LogP contribution < -0.4 is 4.90 Å². The highest BCUT2D eigenvalue weighted by atomic mass is 19.1. The number of carbonyl (C=O) groups excluding carboxylic acids is 2. The number of aryl methyl sites for hydroxylation is 2. The van der Waals surface area contributed by atoms with Crippen molar-refractivity contribution in [3.63, 3.8) is 0 Å². The Hall–Kier alpha value is -1.97. The van der Waals surface area contributed by atoms with Gasteiger partial charge in [0.15, 0.2) is 0 Å². The van der Waals surface area contributed by atoms with Crippen LogP contribution in [0, 0.1) is 6.92 Å². The van der Waals surface area contributed by atoms with E-state index in [-0.39, 0.29) is 18.5 Å². The molecule has 0 fully saturated rings. The first-order valence-corrected chi connectivity index (χ1v) is 7.60. The van der Waals surface area contributed by atoms with E-state index in [0.29, 0.717) is 16.8 Å². The molecule has 0 bridgehead atoms. The molecule has 4 heteroatoms. The number of hydrogen-bond acceptors (Lipinski definition) is 2. The maximum absolute atomic E-state index is 12.2. The fourth-order valence-electron chi connectivity index (χ4n) is 2.39. The summed E-state index contributed by atoms with van der Waals surface area (Å²) in [4.78, 5) is 25.6. The molecule has 2 amide bonds. The molecular weight excluding hydrogens is 281 g/mol. The van der Waals surface area contributed by atoms with Gasteiger partial charge in [-0.3, -0.25) is 14.0 Å². The number of alkyl halides is 1. The number of hydrogen-bond donors (Lipinski definition) is 0. The molecule has 120 valence electrons. The first kappa shape index (κ1) is 18.1. The third-order valence-electron chi connectivity index (χ3n) is 3.53. The topological polar surface area (TPSA) is 37.4 Å². The molecule has 0 atom stereocenters. The average molecular weight is 305 g/mol. The lowest BCUT2D eigenvalue weighted by Gasteiger charge is -2.17. The minimum Gasteiger partial charge on any atom is -0.269 e. The maximum Gasteiger partial charge on any atom is 0.261 e. The number of carbonyl (C=O) groups is 2. The van der Waals surface area contributed by atoms with Crippen LogP contribution in [0.25, 0.3) is 0 Å². The van der Waals surface area contributed by atoms with Gasteiger partial charge in [0.05, 0.1) is 12.4 Å². The molecule has 1 aliphatic rings. The molecular formula is C18H24FNO2. The third-order valence-corrected chi connectivity index (χ3v) is 3.53. The van der Waals surface area contributed by atoms with Crippen molar-refractivity contribution >= 4 is 17.5 Å². The van der Waals surface area contributed by atoms with Crippen LogP contribution in [0.2, 0.25) is 0 Å². The molecule has 0 N–H and O–H groups in total. The van der Waals surface area contributed by atoms with E-state index in [0.717, 1.165) is 18.4 Å². The van der Waals surface area contributed by atoms with Gasteiger partial charge < -0.3 is 0 Å². The lowest BCUT2D eigenvalue weighted by Crippen LogP contribution is -2.31. The van der Waals surface area contributed by atoms with Crippen LogP contribution in [0.1, 0.15) is 45.2 Å². The highest BCUT2D eigenvalue weighted by molar-refractivity contribution is 6.32. The van der Waals surface area contributed by atoms with Crippen molar-refractivity contribution in [3.8, 4) is 0 Å². The normalized spacial score (nSPS) is 14.4. The zero-order chi connectivity index (χ0) is 16.9. The number of benzene rings is 1. The van der Waals surface area contributed by atoms with Gasteiger partial charge in [0.25, 0.3) is 11.8 Å². The zero-order valence-corrected chi connectivity index (χ0v) is 14.0. The van der Waals surface area contributed by atoms with Crippen molar-refractivity contribution in [2.24, 2.45) is 0 Å². The lowest BCUT2D eigenvalue weighted by atomic mass is 10.1. The number of halogens is 1. The predicted molar refractivity (Wildman–Crippen MR) is 87.7 cm³/mol. The molecule has 1 aromatic rings. The molecule has 0 unspecified atom stereocenters. The van der Waals surface area contributed by atoms with Gasteiger partial charge in [-0.15, -0.1) is 0 Å². The summed E-state index contributed by atoms with van der Waals surface area (Å²) in [6, 6.07) is 5.93. The van der Waals surface area contributed by atoms with Crippen molar-refractivity contribution in [3.05, 3.63) is 40.5 Å². The number of nitrogens with zero attached hydrogens (tertiary/aromatic N) is 1. The van der Waals surface area contributed by atoms with E-state index >= 15 is 0 Å². The van der Waals surface area contributed by atoms with E-state index in [1.54, 1.807) is 13.8 Å². The van der Waals surface area contributed by atoms with Gasteiger partial charge >= 0.3 is 0 Å². The van der Waals surface area contributed by atoms with Gasteiger partial charge in [-0.25, -0.2) is 4.90 Å². The summed E-state index contributed by atoms with van der Waals surface area (Å²) in [7, 11) is 0. The Morgan fingerprint density at radius 1 is 0.955 bits per heavy atom. The molecule has 0 aromatic heterocycles. The second-order valence-electron chi connectivity index (χ2n) is 5.39. The molecule has 1 aromatic carbocycles. The number of anilines is 1. The Morgan fingerprint density at radius 3 is 1.91 bits per heavy atom. The van der Waals surface area contributed by atoms with Crippen LogP contribution in [-0.4, -0.2) is 18.5 Å². The second kappa shape index (κ2) is 7.87. The third kappa shape index (κ3) is 3.81. The number of rotatable bonds is 3.